The SMILES string of the molecule is O=C1C(Cc2ccc(O)cc2)Nc2c(-c3ccsc3)nc(-c3ccc(O)cc3)c[n+]21. The molecule has 148 valence electrons. The lowest BCUT2D eigenvalue weighted by atomic mass is 10.1. The number of thiophene rings is 1. The van der Waals surface area contributed by atoms with E-state index in [1.165, 1.54) is 0 Å². The number of rotatable bonds is 4. The van der Waals surface area contributed by atoms with Gasteiger partial charge in [-0.15, -0.1) is 0 Å². The minimum Gasteiger partial charge on any atom is -0.508 e. The molecule has 1 atom stereocenters. The van der Waals surface area contributed by atoms with E-state index >= 15 is 0 Å². The highest BCUT2D eigenvalue weighted by Gasteiger charge is 2.41. The summed E-state index contributed by atoms with van der Waals surface area (Å²) in [5.41, 5.74) is 4.07. The zero-order valence-corrected chi connectivity index (χ0v) is 16.6. The van der Waals surface area contributed by atoms with Crippen LogP contribution in [0.25, 0.3) is 22.5 Å². The number of aromatic hydroxyl groups is 2. The van der Waals surface area contributed by atoms with Crippen molar-refractivity contribution >= 4 is 23.1 Å². The largest absolute Gasteiger partial charge is 0.508 e. The standard InChI is InChI=1S/C23H17N3O3S/c27-17-5-1-14(2-6-17)11-19-23(29)26-12-20(15-3-7-18(28)8-4-15)24-21(22(26)25-19)16-9-10-30-13-16/h1-10,12-13,19,27-28H,11H2/p+1. The number of aromatic nitrogens is 2. The summed E-state index contributed by atoms with van der Waals surface area (Å²) in [5.74, 6) is 0.989. The van der Waals surface area contributed by atoms with E-state index in [0.29, 0.717) is 23.6 Å². The van der Waals surface area contributed by atoms with E-state index < -0.39 is 6.04 Å². The van der Waals surface area contributed by atoms with Crippen LogP contribution in [-0.2, 0) is 6.42 Å². The minimum absolute atomic E-state index is 0.0583. The molecule has 0 saturated carbocycles. The second-order valence-electron chi connectivity index (χ2n) is 7.16. The highest BCUT2D eigenvalue weighted by atomic mass is 32.1. The first-order chi connectivity index (χ1) is 14.6. The lowest BCUT2D eigenvalue weighted by molar-refractivity contribution is -0.551. The van der Waals surface area contributed by atoms with Gasteiger partial charge >= 0.3 is 11.7 Å². The smallest absolute Gasteiger partial charge is 0.359 e. The number of fused-ring (bicyclic) bond motifs is 1. The minimum atomic E-state index is -0.427. The van der Waals surface area contributed by atoms with Crippen molar-refractivity contribution in [2.75, 3.05) is 5.32 Å². The van der Waals surface area contributed by atoms with Crippen molar-refractivity contribution in [3.8, 4) is 34.0 Å². The van der Waals surface area contributed by atoms with Crippen LogP contribution in [0.4, 0.5) is 5.82 Å². The third kappa shape index (κ3) is 3.29. The van der Waals surface area contributed by atoms with Crippen molar-refractivity contribution in [3.05, 3.63) is 77.1 Å². The van der Waals surface area contributed by atoms with Crippen molar-refractivity contribution in [2.45, 2.75) is 12.5 Å². The lowest BCUT2D eigenvalue weighted by Crippen LogP contribution is -2.43. The molecule has 3 heterocycles. The molecule has 30 heavy (non-hydrogen) atoms. The van der Waals surface area contributed by atoms with Gasteiger partial charge in [-0.2, -0.15) is 15.9 Å². The highest BCUT2D eigenvalue weighted by Crippen LogP contribution is 2.31. The first-order valence-electron chi connectivity index (χ1n) is 9.46. The first kappa shape index (κ1) is 18.3. The number of carbonyl (C=O) groups is 1. The molecule has 1 aliphatic heterocycles. The number of nitrogens with zero attached hydrogens (tertiary/aromatic N) is 2. The molecule has 0 bridgehead atoms. The number of anilines is 1. The molecule has 7 heteroatoms. The van der Waals surface area contributed by atoms with Crippen LogP contribution < -0.4 is 9.88 Å². The summed E-state index contributed by atoms with van der Waals surface area (Å²) in [7, 11) is 0. The lowest BCUT2D eigenvalue weighted by Gasteiger charge is -2.06. The molecule has 2 aromatic carbocycles. The van der Waals surface area contributed by atoms with Crippen LogP contribution in [0.5, 0.6) is 11.5 Å². The molecule has 5 rings (SSSR count). The summed E-state index contributed by atoms with van der Waals surface area (Å²) in [6.07, 6.45) is 2.24. The number of hydrogen-bond donors (Lipinski definition) is 3. The number of nitrogens with one attached hydrogen (secondary N) is 1. The van der Waals surface area contributed by atoms with E-state index in [9.17, 15) is 15.0 Å². The van der Waals surface area contributed by atoms with Gasteiger partial charge in [0.25, 0.3) is 0 Å². The molecule has 3 N–H and O–H groups in total. The Morgan fingerprint density at radius 2 is 1.67 bits per heavy atom. The normalized spacial score (nSPS) is 15.1. The number of phenols is 2. The summed E-state index contributed by atoms with van der Waals surface area (Å²) in [4.78, 5) is 18.0. The maximum Gasteiger partial charge on any atom is 0.359 e. The molecule has 0 aliphatic carbocycles. The first-order valence-corrected chi connectivity index (χ1v) is 10.4. The quantitative estimate of drug-likeness (QED) is 0.440. The predicted octanol–water partition coefficient (Wildman–Crippen LogP) is 3.85. The monoisotopic (exact) mass is 416 g/mol. The van der Waals surface area contributed by atoms with Gasteiger partial charge in [-0.05, 0) is 53.4 Å². The second kappa shape index (κ2) is 7.27. The van der Waals surface area contributed by atoms with Gasteiger partial charge in [-0.3, -0.25) is 5.32 Å². The summed E-state index contributed by atoms with van der Waals surface area (Å²) in [6, 6.07) is 15.2. The summed E-state index contributed by atoms with van der Waals surface area (Å²) < 4.78 is 1.63. The second-order valence-corrected chi connectivity index (χ2v) is 7.94. The van der Waals surface area contributed by atoms with Gasteiger partial charge in [0.2, 0.25) is 0 Å². The van der Waals surface area contributed by atoms with Crippen LogP contribution in [0.2, 0.25) is 0 Å². The molecule has 1 unspecified atom stereocenters. The van der Waals surface area contributed by atoms with Gasteiger partial charge in [0.1, 0.15) is 23.4 Å². The molecular weight excluding hydrogens is 398 g/mol. The topological polar surface area (TPSA) is 86.3 Å². The zero-order chi connectivity index (χ0) is 20.7. The van der Waals surface area contributed by atoms with Crippen LogP contribution in [0.1, 0.15) is 10.4 Å². The van der Waals surface area contributed by atoms with E-state index in [1.54, 1.807) is 58.5 Å². The molecule has 0 radical (unpaired) electrons. The fourth-order valence-electron chi connectivity index (χ4n) is 3.59. The summed E-state index contributed by atoms with van der Waals surface area (Å²) in [5, 5.41) is 26.4. The molecule has 6 nitrogen and oxygen atoms in total. The average Bonchev–Trinajstić information content (AvgIpc) is 3.39. The molecular formula is C23H18N3O3S+. The maximum absolute atomic E-state index is 13.2. The Balaban J connectivity index is 1.57. The number of benzene rings is 2. The van der Waals surface area contributed by atoms with Gasteiger partial charge in [0.15, 0.2) is 11.7 Å². The van der Waals surface area contributed by atoms with Gasteiger partial charge < -0.3 is 10.2 Å². The Morgan fingerprint density at radius 3 is 2.33 bits per heavy atom. The molecule has 0 saturated heterocycles. The molecule has 0 fully saturated rings. The van der Waals surface area contributed by atoms with Crippen LogP contribution in [0, 0.1) is 0 Å². The highest BCUT2D eigenvalue weighted by molar-refractivity contribution is 7.08. The van der Waals surface area contributed by atoms with Crippen LogP contribution >= 0.6 is 11.3 Å². The Morgan fingerprint density at radius 1 is 0.967 bits per heavy atom. The Labute approximate surface area is 176 Å². The fraction of sp³-hybridized carbons (Fsp3) is 0.0870. The van der Waals surface area contributed by atoms with Crippen molar-refractivity contribution in [2.24, 2.45) is 0 Å². The molecule has 1 aliphatic rings. The van der Waals surface area contributed by atoms with Gasteiger partial charge in [-0.25, -0.2) is 9.78 Å². The van der Waals surface area contributed by atoms with Crippen LogP contribution in [0.15, 0.2) is 71.6 Å². The number of phenolic OH excluding ortho intramolecular Hbond substituents is 2. The van der Waals surface area contributed by atoms with Crippen molar-refractivity contribution in [1.29, 1.82) is 0 Å². The number of hydrogen-bond acceptors (Lipinski definition) is 6. The zero-order valence-electron chi connectivity index (χ0n) is 15.8. The molecule has 4 aromatic rings. The van der Waals surface area contributed by atoms with Gasteiger partial charge in [-0.1, -0.05) is 12.1 Å². The maximum atomic E-state index is 13.2. The van der Waals surface area contributed by atoms with Gasteiger partial charge in [0, 0.05) is 22.9 Å². The van der Waals surface area contributed by atoms with E-state index in [4.69, 9.17) is 4.98 Å². The molecule has 2 aromatic heterocycles. The van der Waals surface area contributed by atoms with Crippen LogP contribution in [0.3, 0.4) is 0 Å². The average molecular weight is 416 g/mol. The van der Waals surface area contributed by atoms with Crippen LogP contribution in [-0.4, -0.2) is 27.1 Å². The van der Waals surface area contributed by atoms with Crippen molar-refractivity contribution in [1.82, 2.24) is 4.98 Å². The summed E-state index contributed by atoms with van der Waals surface area (Å²) in [6.45, 7) is 0. The Hall–Kier alpha value is -3.71. The third-order valence-corrected chi connectivity index (χ3v) is 5.81. The van der Waals surface area contributed by atoms with E-state index in [2.05, 4.69) is 5.32 Å². The van der Waals surface area contributed by atoms with E-state index in [-0.39, 0.29) is 17.4 Å². The number of carbonyl (C=O) groups excluding carboxylic acids is 1. The predicted molar refractivity (Wildman–Crippen MR) is 115 cm³/mol. The third-order valence-electron chi connectivity index (χ3n) is 5.13. The fourth-order valence-corrected chi connectivity index (χ4v) is 4.23. The molecule has 0 spiro atoms. The van der Waals surface area contributed by atoms with E-state index in [0.717, 1.165) is 16.7 Å². The van der Waals surface area contributed by atoms with Gasteiger partial charge in [0.05, 0.1) is 0 Å². The Kier molecular flexibility index (Phi) is 4.44. The van der Waals surface area contributed by atoms with Crippen molar-refractivity contribution < 1.29 is 19.6 Å². The van der Waals surface area contributed by atoms with Crippen molar-refractivity contribution in [3.63, 3.8) is 0 Å². The summed E-state index contributed by atoms with van der Waals surface area (Å²) >= 11 is 1.57. The Bertz CT molecular complexity index is 1220. The molecule has 0 amide bonds. The van der Waals surface area contributed by atoms with E-state index in [1.807, 2.05) is 29.0 Å².